The molecule has 1 aromatic rings. The first-order valence-corrected chi connectivity index (χ1v) is 5.89. The lowest BCUT2D eigenvalue weighted by atomic mass is 10.1. The zero-order chi connectivity index (χ0) is 11.0. The average molecular weight is 224 g/mol. The number of nitrogens with zero attached hydrogens (tertiary/aromatic N) is 2. The van der Waals surface area contributed by atoms with Crippen molar-refractivity contribution >= 4 is 22.5 Å². The third-order valence-corrected chi connectivity index (χ3v) is 3.54. The number of thioether (sulfide) groups is 1. The molecule has 2 aliphatic rings. The Hall–Kier alpha value is -1.79. The van der Waals surface area contributed by atoms with Crippen LogP contribution in [0, 0.1) is 17.2 Å². The molecule has 0 aliphatic carbocycles. The summed E-state index contributed by atoms with van der Waals surface area (Å²) in [6.45, 7) is 0. The van der Waals surface area contributed by atoms with Crippen LogP contribution in [0.1, 0.15) is 11.1 Å². The van der Waals surface area contributed by atoms with E-state index in [1.54, 1.807) is 11.8 Å². The van der Waals surface area contributed by atoms with Crippen molar-refractivity contribution in [1.82, 2.24) is 0 Å². The Morgan fingerprint density at radius 3 is 2.75 bits per heavy atom. The highest BCUT2D eigenvalue weighted by molar-refractivity contribution is 8.16. The summed E-state index contributed by atoms with van der Waals surface area (Å²) in [4.78, 5) is 4.57. The first-order valence-electron chi connectivity index (χ1n) is 5.01. The van der Waals surface area contributed by atoms with E-state index < -0.39 is 0 Å². The number of benzene rings is 1. The lowest BCUT2D eigenvalue weighted by molar-refractivity contribution is 1.21. The number of hydrogen-bond donors (Lipinski definition) is 0. The lowest BCUT2D eigenvalue weighted by Gasteiger charge is -1.98. The summed E-state index contributed by atoms with van der Waals surface area (Å²) in [5.41, 5.74) is 2.78. The summed E-state index contributed by atoms with van der Waals surface area (Å²) < 4.78 is 0. The molecule has 0 saturated heterocycles. The van der Waals surface area contributed by atoms with Gasteiger partial charge in [-0.1, -0.05) is 30.0 Å². The number of nitriles is 1. The van der Waals surface area contributed by atoms with E-state index >= 15 is 0 Å². The molecule has 0 fully saturated rings. The van der Waals surface area contributed by atoms with Gasteiger partial charge >= 0.3 is 0 Å². The van der Waals surface area contributed by atoms with E-state index in [-0.39, 0.29) is 0 Å². The van der Waals surface area contributed by atoms with Crippen LogP contribution in [0.3, 0.4) is 0 Å². The van der Waals surface area contributed by atoms with Crippen LogP contribution in [-0.2, 0) is 0 Å². The standard InChI is InChI=1S/C13H8N2S/c14-8-9-1-3-10(4-2-9)12-7-11-5-6-16-13(11)15-12/h1-7,11H. The number of aliphatic imine (C=N–C) groups is 1. The van der Waals surface area contributed by atoms with Crippen LogP contribution >= 0.6 is 11.8 Å². The van der Waals surface area contributed by atoms with Gasteiger partial charge in [-0.3, -0.25) is 0 Å². The minimum Gasteiger partial charge on any atom is -0.245 e. The highest BCUT2D eigenvalue weighted by atomic mass is 32.2. The molecule has 0 N–H and O–H groups in total. The van der Waals surface area contributed by atoms with Gasteiger partial charge in [-0.25, -0.2) is 4.99 Å². The Labute approximate surface area is 98.0 Å². The minimum absolute atomic E-state index is 0.371. The van der Waals surface area contributed by atoms with E-state index in [1.165, 1.54) is 0 Å². The molecule has 16 heavy (non-hydrogen) atoms. The largest absolute Gasteiger partial charge is 0.245 e. The second-order valence-electron chi connectivity index (χ2n) is 3.66. The zero-order valence-corrected chi connectivity index (χ0v) is 9.24. The molecule has 0 spiro atoms. The Morgan fingerprint density at radius 2 is 2.06 bits per heavy atom. The van der Waals surface area contributed by atoms with E-state index in [9.17, 15) is 0 Å². The van der Waals surface area contributed by atoms with Gasteiger partial charge in [0.2, 0.25) is 0 Å². The van der Waals surface area contributed by atoms with Gasteiger partial charge in [0.25, 0.3) is 0 Å². The molecule has 2 aliphatic heterocycles. The topological polar surface area (TPSA) is 36.1 Å². The van der Waals surface area contributed by atoms with Gasteiger partial charge < -0.3 is 0 Å². The zero-order valence-electron chi connectivity index (χ0n) is 8.42. The van der Waals surface area contributed by atoms with E-state index in [4.69, 9.17) is 5.26 Å². The quantitative estimate of drug-likeness (QED) is 0.734. The molecular weight excluding hydrogens is 216 g/mol. The molecule has 0 bridgehead atoms. The van der Waals surface area contributed by atoms with Gasteiger partial charge in [0, 0.05) is 5.92 Å². The Kier molecular flexibility index (Phi) is 2.16. The van der Waals surface area contributed by atoms with E-state index in [0.717, 1.165) is 16.3 Å². The molecule has 2 heterocycles. The predicted octanol–water partition coefficient (Wildman–Crippen LogP) is 3.19. The van der Waals surface area contributed by atoms with Crippen LogP contribution in [0.25, 0.3) is 5.70 Å². The maximum Gasteiger partial charge on any atom is 0.0991 e. The van der Waals surface area contributed by atoms with Crippen molar-refractivity contribution in [2.24, 2.45) is 10.9 Å². The monoisotopic (exact) mass is 224 g/mol. The molecule has 1 atom stereocenters. The van der Waals surface area contributed by atoms with Crippen LogP contribution in [-0.4, -0.2) is 5.04 Å². The summed E-state index contributed by atoms with van der Waals surface area (Å²) in [5, 5.41) is 12.0. The maximum absolute atomic E-state index is 8.72. The van der Waals surface area contributed by atoms with Crippen molar-refractivity contribution in [3.63, 3.8) is 0 Å². The first kappa shape index (κ1) is 9.44. The fourth-order valence-corrected chi connectivity index (χ4v) is 2.63. The van der Waals surface area contributed by atoms with Gasteiger partial charge in [0.05, 0.1) is 22.4 Å². The van der Waals surface area contributed by atoms with Crippen molar-refractivity contribution in [2.45, 2.75) is 0 Å². The second-order valence-corrected chi connectivity index (χ2v) is 4.59. The van der Waals surface area contributed by atoms with Gasteiger partial charge in [-0.2, -0.15) is 5.26 Å². The van der Waals surface area contributed by atoms with Crippen molar-refractivity contribution in [2.75, 3.05) is 0 Å². The second kappa shape index (κ2) is 3.66. The third-order valence-electron chi connectivity index (χ3n) is 2.64. The molecule has 0 saturated carbocycles. The van der Waals surface area contributed by atoms with Crippen LogP contribution in [0.2, 0.25) is 0 Å². The Morgan fingerprint density at radius 1 is 1.25 bits per heavy atom. The Bertz CT molecular complexity index is 559. The van der Waals surface area contributed by atoms with Crippen molar-refractivity contribution in [3.8, 4) is 6.07 Å². The van der Waals surface area contributed by atoms with Gasteiger partial charge in [0.15, 0.2) is 0 Å². The smallest absolute Gasteiger partial charge is 0.0991 e. The molecule has 0 aromatic heterocycles. The van der Waals surface area contributed by atoms with Crippen molar-refractivity contribution < 1.29 is 0 Å². The first-order chi connectivity index (χ1) is 7.86. The van der Waals surface area contributed by atoms with Gasteiger partial charge in [-0.15, -0.1) is 0 Å². The summed E-state index contributed by atoms with van der Waals surface area (Å²) in [7, 11) is 0. The fourth-order valence-electron chi connectivity index (χ4n) is 1.78. The third kappa shape index (κ3) is 1.48. The number of fused-ring (bicyclic) bond motifs is 1. The molecule has 0 amide bonds. The molecule has 3 heteroatoms. The summed E-state index contributed by atoms with van der Waals surface area (Å²) in [6.07, 6.45) is 4.31. The SMILES string of the molecule is N#Cc1ccc(C2=CC3C=CSC3=N2)cc1. The molecular formula is C13H8N2S. The highest BCUT2D eigenvalue weighted by Gasteiger charge is 2.22. The summed E-state index contributed by atoms with van der Waals surface area (Å²) >= 11 is 1.68. The molecule has 1 aromatic carbocycles. The van der Waals surface area contributed by atoms with Gasteiger partial charge in [0.1, 0.15) is 0 Å². The van der Waals surface area contributed by atoms with E-state index in [0.29, 0.717) is 11.5 Å². The normalized spacial score (nSPS) is 21.3. The predicted molar refractivity (Wildman–Crippen MR) is 66.8 cm³/mol. The van der Waals surface area contributed by atoms with Crippen molar-refractivity contribution in [1.29, 1.82) is 5.26 Å². The van der Waals surface area contributed by atoms with Gasteiger partial charge in [-0.05, 0) is 29.2 Å². The molecule has 2 nitrogen and oxygen atoms in total. The fraction of sp³-hybridized carbons (Fsp3) is 0.0769. The van der Waals surface area contributed by atoms with Crippen LogP contribution in [0.15, 0.2) is 46.8 Å². The Balaban J connectivity index is 1.95. The van der Waals surface area contributed by atoms with E-state index in [1.807, 2.05) is 24.3 Å². The number of allylic oxidation sites excluding steroid dienone is 2. The average Bonchev–Trinajstić information content (AvgIpc) is 2.89. The number of hydrogen-bond acceptors (Lipinski definition) is 3. The highest BCUT2D eigenvalue weighted by Crippen LogP contribution is 2.35. The van der Waals surface area contributed by atoms with Crippen molar-refractivity contribution in [3.05, 3.63) is 53.0 Å². The van der Waals surface area contributed by atoms with Crippen LogP contribution < -0.4 is 0 Å². The maximum atomic E-state index is 8.72. The molecule has 0 radical (unpaired) electrons. The molecule has 1 unspecified atom stereocenters. The summed E-state index contributed by atoms with van der Waals surface area (Å²) in [5.74, 6) is 0.371. The minimum atomic E-state index is 0.371. The molecule has 3 rings (SSSR count). The van der Waals surface area contributed by atoms with Crippen LogP contribution in [0.4, 0.5) is 0 Å². The van der Waals surface area contributed by atoms with Crippen LogP contribution in [0.5, 0.6) is 0 Å². The lowest BCUT2D eigenvalue weighted by Crippen LogP contribution is -1.93. The number of rotatable bonds is 1. The summed E-state index contributed by atoms with van der Waals surface area (Å²) in [6, 6.07) is 9.66. The van der Waals surface area contributed by atoms with E-state index in [2.05, 4.69) is 28.6 Å². The molecule has 76 valence electrons.